The number of rotatable bonds is 2. The van der Waals surface area contributed by atoms with E-state index in [9.17, 15) is 4.39 Å². The Balaban J connectivity index is 2.31. The number of aromatic nitrogens is 2. The fourth-order valence-corrected chi connectivity index (χ4v) is 1.44. The topological polar surface area (TPSA) is 35.0 Å². The van der Waals surface area contributed by atoms with Crippen LogP contribution in [0.25, 0.3) is 0 Å². The van der Waals surface area contributed by atoms with Crippen molar-refractivity contribution in [3.63, 3.8) is 0 Å². The minimum Gasteiger partial charge on any atom is -0.454 e. The molecule has 0 aliphatic rings. The lowest BCUT2D eigenvalue weighted by Gasteiger charge is -2.07. The van der Waals surface area contributed by atoms with Crippen LogP contribution < -0.4 is 4.74 Å². The van der Waals surface area contributed by atoms with Gasteiger partial charge in [-0.2, -0.15) is 0 Å². The van der Waals surface area contributed by atoms with Crippen LogP contribution in [0.15, 0.2) is 24.3 Å². The molecule has 0 bridgehead atoms. The summed E-state index contributed by atoms with van der Waals surface area (Å²) in [6, 6.07) is 5.91. The van der Waals surface area contributed by atoms with Crippen molar-refractivity contribution in [3.8, 4) is 11.5 Å². The van der Waals surface area contributed by atoms with Gasteiger partial charge in [0.1, 0.15) is 11.6 Å². The van der Waals surface area contributed by atoms with Crippen LogP contribution in [-0.4, -0.2) is 10.2 Å². The molecule has 1 heterocycles. The molecule has 2 rings (SSSR count). The summed E-state index contributed by atoms with van der Waals surface area (Å²) in [7, 11) is 0. The Kier molecular flexibility index (Phi) is 3.45. The second-order valence-corrected chi connectivity index (χ2v) is 4.08. The number of benzene rings is 1. The maximum atomic E-state index is 13.3. The standard InChI is InChI=1S/C11H7Cl2FN2O/c1-6-2-3-7(4-8(6)14)17-9-5-10(12)15-16-11(9)13/h2-5H,1H3. The van der Waals surface area contributed by atoms with Crippen LogP contribution in [-0.2, 0) is 0 Å². The van der Waals surface area contributed by atoms with E-state index >= 15 is 0 Å². The Morgan fingerprint density at radius 1 is 1.18 bits per heavy atom. The summed E-state index contributed by atoms with van der Waals surface area (Å²) in [5.41, 5.74) is 0.536. The molecule has 0 saturated carbocycles. The van der Waals surface area contributed by atoms with Crippen molar-refractivity contribution in [2.75, 3.05) is 0 Å². The smallest absolute Gasteiger partial charge is 0.194 e. The maximum absolute atomic E-state index is 13.3. The summed E-state index contributed by atoms with van der Waals surface area (Å²) < 4.78 is 18.7. The SMILES string of the molecule is Cc1ccc(Oc2cc(Cl)nnc2Cl)cc1F. The molecule has 0 radical (unpaired) electrons. The van der Waals surface area contributed by atoms with Crippen LogP contribution in [0.1, 0.15) is 5.56 Å². The van der Waals surface area contributed by atoms with Gasteiger partial charge < -0.3 is 4.74 Å². The predicted octanol–water partition coefficient (Wildman–Crippen LogP) is 4.02. The fraction of sp³-hybridized carbons (Fsp3) is 0.0909. The average molecular weight is 273 g/mol. The molecule has 0 saturated heterocycles. The highest BCUT2D eigenvalue weighted by Crippen LogP contribution is 2.29. The van der Waals surface area contributed by atoms with Gasteiger partial charge in [0, 0.05) is 12.1 Å². The van der Waals surface area contributed by atoms with E-state index < -0.39 is 0 Å². The molecule has 0 amide bonds. The van der Waals surface area contributed by atoms with Gasteiger partial charge in [0.15, 0.2) is 16.1 Å². The first-order chi connectivity index (χ1) is 8.06. The molecule has 1 aromatic carbocycles. The molecule has 0 N–H and O–H groups in total. The second kappa shape index (κ2) is 4.85. The van der Waals surface area contributed by atoms with E-state index in [1.54, 1.807) is 19.1 Å². The molecule has 2 aromatic rings. The van der Waals surface area contributed by atoms with E-state index in [1.807, 2.05) is 0 Å². The number of hydrogen-bond donors (Lipinski definition) is 0. The lowest BCUT2D eigenvalue weighted by Crippen LogP contribution is -1.91. The van der Waals surface area contributed by atoms with Crippen LogP contribution in [0.3, 0.4) is 0 Å². The summed E-state index contributed by atoms with van der Waals surface area (Å²) in [5.74, 6) is 0.195. The fourth-order valence-electron chi connectivity index (χ4n) is 1.17. The van der Waals surface area contributed by atoms with Crippen molar-refractivity contribution in [1.82, 2.24) is 10.2 Å². The summed E-state index contributed by atoms with van der Waals surface area (Å²) in [4.78, 5) is 0. The number of halogens is 3. The van der Waals surface area contributed by atoms with E-state index in [0.29, 0.717) is 11.3 Å². The van der Waals surface area contributed by atoms with Crippen molar-refractivity contribution in [2.24, 2.45) is 0 Å². The lowest BCUT2D eigenvalue weighted by molar-refractivity contribution is 0.472. The van der Waals surface area contributed by atoms with Gasteiger partial charge in [-0.15, -0.1) is 10.2 Å². The van der Waals surface area contributed by atoms with Gasteiger partial charge in [0.05, 0.1) is 0 Å². The van der Waals surface area contributed by atoms with E-state index in [1.165, 1.54) is 12.1 Å². The zero-order valence-corrected chi connectivity index (χ0v) is 10.3. The summed E-state index contributed by atoms with van der Waals surface area (Å²) >= 11 is 11.4. The highest BCUT2D eigenvalue weighted by atomic mass is 35.5. The van der Waals surface area contributed by atoms with Crippen molar-refractivity contribution in [2.45, 2.75) is 6.92 Å². The van der Waals surface area contributed by atoms with E-state index in [-0.39, 0.29) is 21.9 Å². The van der Waals surface area contributed by atoms with Crippen LogP contribution >= 0.6 is 23.2 Å². The highest BCUT2D eigenvalue weighted by Gasteiger charge is 2.08. The Hall–Kier alpha value is -1.39. The zero-order chi connectivity index (χ0) is 12.4. The van der Waals surface area contributed by atoms with E-state index in [4.69, 9.17) is 27.9 Å². The molecule has 0 aliphatic carbocycles. The van der Waals surface area contributed by atoms with Crippen LogP contribution in [0.4, 0.5) is 4.39 Å². The van der Waals surface area contributed by atoms with E-state index in [0.717, 1.165) is 0 Å². The normalized spacial score (nSPS) is 10.4. The third-order valence-corrected chi connectivity index (χ3v) is 2.50. The molecule has 17 heavy (non-hydrogen) atoms. The van der Waals surface area contributed by atoms with Gasteiger partial charge in [-0.1, -0.05) is 29.3 Å². The minimum atomic E-state index is -0.355. The first-order valence-corrected chi connectivity index (χ1v) is 5.44. The third-order valence-electron chi connectivity index (χ3n) is 2.06. The van der Waals surface area contributed by atoms with Crippen molar-refractivity contribution in [1.29, 1.82) is 0 Å². The van der Waals surface area contributed by atoms with Crippen molar-refractivity contribution >= 4 is 23.2 Å². The van der Waals surface area contributed by atoms with Crippen LogP contribution in [0.5, 0.6) is 11.5 Å². The summed E-state index contributed by atoms with van der Waals surface area (Å²) in [6.45, 7) is 1.66. The molecule has 3 nitrogen and oxygen atoms in total. The number of nitrogens with zero attached hydrogens (tertiary/aromatic N) is 2. The van der Waals surface area contributed by atoms with Crippen LogP contribution in [0, 0.1) is 12.7 Å². The van der Waals surface area contributed by atoms with Gasteiger partial charge in [0.25, 0.3) is 0 Å². The van der Waals surface area contributed by atoms with Crippen LogP contribution in [0.2, 0.25) is 10.3 Å². The van der Waals surface area contributed by atoms with Gasteiger partial charge in [-0.05, 0) is 18.6 Å². The number of hydrogen-bond acceptors (Lipinski definition) is 3. The van der Waals surface area contributed by atoms with Gasteiger partial charge in [0.2, 0.25) is 0 Å². The molecule has 6 heteroatoms. The Morgan fingerprint density at radius 3 is 2.65 bits per heavy atom. The molecule has 0 aliphatic heterocycles. The summed E-state index contributed by atoms with van der Waals surface area (Å²) in [6.07, 6.45) is 0. The summed E-state index contributed by atoms with van der Waals surface area (Å²) in [5, 5.41) is 7.34. The van der Waals surface area contributed by atoms with Gasteiger partial charge in [-0.25, -0.2) is 4.39 Å². The highest BCUT2D eigenvalue weighted by molar-refractivity contribution is 6.32. The first-order valence-electron chi connectivity index (χ1n) is 4.69. The number of aryl methyl sites for hydroxylation is 1. The second-order valence-electron chi connectivity index (χ2n) is 3.34. The maximum Gasteiger partial charge on any atom is 0.194 e. The lowest BCUT2D eigenvalue weighted by atomic mass is 10.2. The third kappa shape index (κ3) is 2.84. The monoisotopic (exact) mass is 272 g/mol. The Morgan fingerprint density at radius 2 is 1.94 bits per heavy atom. The number of ether oxygens (including phenoxy) is 1. The zero-order valence-electron chi connectivity index (χ0n) is 8.75. The molecule has 0 unspecified atom stereocenters. The molecule has 0 atom stereocenters. The van der Waals surface area contributed by atoms with E-state index in [2.05, 4.69) is 10.2 Å². The Labute approximate surface area is 107 Å². The van der Waals surface area contributed by atoms with Gasteiger partial charge >= 0.3 is 0 Å². The van der Waals surface area contributed by atoms with Crippen molar-refractivity contribution in [3.05, 3.63) is 46.0 Å². The largest absolute Gasteiger partial charge is 0.454 e. The molecule has 88 valence electrons. The van der Waals surface area contributed by atoms with Gasteiger partial charge in [-0.3, -0.25) is 0 Å². The molecule has 0 spiro atoms. The molecular weight excluding hydrogens is 266 g/mol. The molecular formula is C11H7Cl2FN2O. The average Bonchev–Trinajstić information content (AvgIpc) is 2.29. The minimum absolute atomic E-state index is 0.0652. The van der Waals surface area contributed by atoms with Crippen molar-refractivity contribution < 1.29 is 9.13 Å². The Bertz CT molecular complexity index is 563. The molecule has 1 aromatic heterocycles. The molecule has 0 fully saturated rings. The quantitative estimate of drug-likeness (QED) is 0.828. The first kappa shape index (κ1) is 12.1. The predicted molar refractivity (Wildman–Crippen MR) is 63.3 cm³/mol.